The highest BCUT2D eigenvalue weighted by molar-refractivity contribution is 5.69. The van der Waals surface area contributed by atoms with Gasteiger partial charge in [0.2, 0.25) is 0 Å². The zero-order chi connectivity index (χ0) is 9.52. The molecule has 0 atom stereocenters. The highest BCUT2D eigenvalue weighted by Crippen LogP contribution is 1.95. The Kier molecular flexibility index (Phi) is 4.78. The van der Waals surface area contributed by atoms with Crippen LogP contribution in [0, 0.1) is 0 Å². The SMILES string of the molecule is CCOC(=O)CCN1CCNCC1. The average Bonchev–Trinajstić information content (AvgIpc) is 2.17. The van der Waals surface area contributed by atoms with Gasteiger partial charge in [-0.3, -0.25) is 4.79 Å². The summed E-state index contributed by atoms with van der Waals surface area (Å²) in [5, 5.41) is 3.27. The van der Waals surface area contributed by atoms with E-state index in [-0.39, 0.29) is 5.97 Å². The van der Waals surface area contributed by atoms with Gasteiger partial charge < -0.3 is 15.0 Å². The van der Waals surface area contributed by atoms with Crippen LogP contribution in [0.2, 0.25) is 0 Å². The van der Waals surface area contributed by atoms with E-state index in [1.54, 1.807) is 0 Å². The number of ether oxygens (including phenoxy) is 1. The summed E-state index contributed by atoms with van der Waals surface area (Å²) in [6.07, 6.45) is 0.522. The second kappa shape index (κ2) is 5.94. The van der Waals surface area contributed by atoms with Crippen LogP contribution in [0.25, 0.3) is 0 Å². The van der Waals surface area contributed by atoms with Gasteiger partial charge in [-0.25, -0.2) is 0 Å². The van der Waals surface area contributed by atoms with Crippen LogP contribution >= 0.6 is 0 Å². The Morgan fingerprint density at radius 1 is 1.46 bits per heavy atom. The van der Waals surface area contributed by atoms with E-state index < -0.39 is 0 Å². The minimum atomic E-state index is -0.0824. The summed E-state index contributed by atoms with van der Waals surface area (Å²) < 4.78 is 4.85. The highest BCUT2D eigenvalue weighted by Gasteiger charge is 2.11. The van der Waals surface area contributed by atoms with E-state index in [1.807, 2.05) is 6.92 Å². The number of nitrogens with one attached hydrogen (secondary N) is 1. The van der Waals surface area contributed by atoms with E-state index in [4.69, 9.17) is 4.74 Å². The molecule has 76 valence electrons. The largest absolute Gasteiger partial charge is 0.466 e. The zero-order valence-electron chi connectivity index (χ0n) is 8.21. The van der Waals surface area contributed by atoms with E-state index in [0.29, 0.717) is 13.0 Å². The van der Waals surface area contributed by atoms with Crippen molar-refractivity contribution < 1.29 is 9.53 Å². The molecule has 0 saturated carbocycles. The molecule has 1 heterocycles. The molecule has 0 bridgehead atoms. The van der Waals surface area contributed by atoms with Crippen molar-refractivity contribution in [3.63, 3.8) is 0 Å². The molecule has 0 aromatic rings. The van der Waals surface area contributed by atoms with Crippen molar-refractivity contribution >= 4 is 5.97 Å². The molecule has 1 aliphatic heterocycles. The molecular formula is C9H18N2O2. The first-order chi connectivity index (χ1) is 6.33. The summed E-state index contributed by atoms with van der Waals surface area (Å²) in [5.41, 5.74) is 0. The van der Waals surface area contributed by atoms with E-state index in [2.05, 4.69) is 10.2 Å². The van der Waals surface area contributed by atoms with Crippen LogP contribution in [-0.2, 0) is 9.53 Å². The van der Waals surface area contributed by atoms with E-state index in [9.17, 15) is 4.79 Å². The molecule has 1 rings (SSSR count). The summed E-state index contributed by atoms with van der Waals surface area (Å²) in [6.45, 7) is 7.30. The second-order valence-electron chi connectivity index (χ2n) is 3.15. The first-order valence-corrected chi connectivity index (χ1v) is 4.91. The summed E-state index contributed by atoms with van der Waals surface area (Å²) in [4.78, 5) is 13.3. The van der Waals surface area contributed by atoms with Crippen molar-refractivity contribution in [2.75, 3.05) is 39.3 Å². The first-order valence-electron chi connectivity index (χ1n) is 4.91. The van der Waals surface area contributed by atoms with Crippen molar-refractivity contribution in [2.24, 2.45) is 0 Å². The molecule has 0 aliphatic carbocycles. The lowest BCUT2D eigenvalue weighted by Crippen LogP contribution is -2.44. The van der Waals surface area contributed by atoms with Gasteiger partial charge in [0.15, 0.2) is 0 Å². The van der Waals surface area contributed by atoms with Gasteiger partial charge in [-0.15, -0.1) is 0 Å². The molecule has 0 aromatic carbocycles. The predicted molar refractivity (Wildman–Crippen MR) is 50.6 cm³/mol. The topological polar surface area (TPSA) is 41.6 Å². The molecule has 4 heteroatoms. The van der Waals surface area contributed by atoms with E-state index >= 15 is 0 Å². The van der Waals surface area contributed by atoms with Crippen molar-refractivity contribution in [3.05, 3.63) is 0 Å². The number of piperazine rings is 1. The molecular weight excluding hydrogens is 168 g/mol. The average molecular weight is 186 g/mol. The molecule has 4 nitrogen and oxygen atoms in total. The normalized spacial score (nSPS) is 18.5. The smallest absolute Gasteiger partial charge is 0.307 e. The fraction of sp³-hybridized carbons (Fsp3) is 0.889. The third-order valence-corrected chi connectivity index (χ3v) is 2.15. The summed E-state index contributed by atoms with van der Waals surface area (Å²) in [5.74, 6) is -0.0824. The minimum absolute atomic E-state index is 0.0824. The lowest BCUT2D eigenvalue weighted by molar-refractivity contribution is -0.143. The van der Waals surface area contributed by atoms with Crippen molar-refractivity contribution in [3.8, 4) is 0 Å². The lowest BCUT2D eigenvalue weighted by Gasteiger charge is -2.26. The van der Waals surface area contributed by atoms with Gasteiger partial charge in [-0.2, -0.15) is 0 Å². The molecule has 1 fully saturated rings. The summed E-state index contributed by atoms with van der Waals surface area (Å²) in [7, 11) is 0. The summed E-state index contributed by atoms with van der Waals surface area (Å²) >= 11 is 0. The van der Waals surface area contributed by atoms with Gasteiger partial charge in [0.05, 0.1) is 13.0 Å². The number of nitrogens with zero attached hydrogens (tertiary/aromatic N) is 1. The van der Waals surface area contributed by atoms with Crippen LogP contribution in [0.5, 0.6) is 0 Å². The van der Waals surface area contributed by atoms with Gasteiger partial charge in [-0.05, 0) is 6.92 Å². The Labute approximate surface area is 79.2 Å². The van der Waals surface area contributed by atoms with Crippen molar-refractivity contribution in [2.45, 2.75) is 13.3 Å². The second-order valence-corrected chi connectivity index (χ2v) is 3.15. The standard InChI is InChI=1S/C9H18N2O2/c1-2-13-9(12)3-6-11-7-4-10-5-8-11/h10H,2-8H2,1H3. The predicted octanol–water partition coefficient (Wildman–Crippen LogP) is -0.155. The maximum atomic E-state index is 11.0. The number of carbonyl (C=O) groups is 1. The molecule has 0 aromatic heterocycles. The Morgan fingerprint density at radius 3 is 2.77 bits per heavy atom. The maximum absolute atomic E-state index is 11.0. The molecule has 0 radical (unpaired) electrons. The third kappa shape index (κ3) is 4.24. The van der Waals surface area contributed by atoms with Crippen LogP contribution in [0.3, 0.4) is 0 Å². The van der Waals surface area contributed by atoms with Crippen molar-refractivity contribution in [1.82, 2.24) is 10.2 Å². The van der Waals surface area contributed by atoms with Gasteiger partial charge in [0.1, 0.15) is 0 Å². The van der Waals surface area contributed by atoms with Gasteiger partial charge in [0, 0.05) is 32.7 Å². The molecule has 1 saturated heterocycles. The number of rotatable bonds is 4. The number of esters is 1. The lowest BCUT2D eigenvalue weighted by atomic mass is 10.3. The molecule has 0 spiro atoms. The first kappa shape index (κ1) is 10.5. The highest BCUT2D eigenvalue weighted by atomic mass is 16.5. The Bertz CT molecular complexity index is 156. The number of carbonyl (C=O) groups excluding carboxylic acids is 1. The maximum Gasteiger partial charge on any atom is 0.307 e. The van der Waals surface area contributed by atoms with Crippen LogP contribution < -0.4 is 5.32 Å². The van der Waals surface area contributed by atoms with Crippen LogP contribution in [-0.4, -0.2) is 50.2 Å². The molecule has 1 aliphatic rings. The fourth-order valence-corrected chi connectivity index (χ4v) is 1.42. The Hall–Kier alpha value is -0.610. The van der Waals surface area contributed by atoms with Gasteiger partial charge in [-0.1, -0.05) is 0 Å². The summed E-state index contributed by atoms with van der Waals surface area (Å²) in [6, 6.07) is 0. The van der Waals surface area contributed by atoms with Gasteiger partial charge in [0.25, 0.3) is 0 Å². The Morgan fingerprint density at radius 2 is 2.15 bits per heavy atom. The third-order valence-electron chi connectivity index (χ3n) is 2.15. The van der Waals surface area contributed by atoms with Crippen LogP contribution in [0.4, 0.5) is 0 Å². The van der Waals surface area contributed by atoms with E-state index in [1.165, 1.54) is 0 Å². The van der Waals surface area contributed by atoms with Crippen LogP contribution in [0.15, 0.2) is 0 Å². The van der Waals surface area contributed by atoms with E-state index in [0.717, 1.165) is 32.7 Å². The Balaban J connectivity index is 2.06. The fourth-order valence-electron chi connectivity index (χ4n) is 1.42. The minimum Gasteiger partial charge on any atom is -0.466 e. The molecule has 0 unspecified atom stereocenters. The van der Waals surface area contributed by atoms with Crippen molar-refractivity contribution in [1.29, 1.82) is 0 Å². The molecule has 1 N–H and O–H groups in total. The monoisotopic (exact) mass is 186 g/mol. The van der Waals surface area contributed by atoms with Gasteiger partial charge >= 0.3 is 5.97 Å². The molecule has 0 amide bonds. The quantitative estimate of drug-likeness (QED) is 0.620. The zero-order valence-corrected chi connectivity index (χ0v) is 8.21. The number of hydrogen-bond donors (Lipinski definition) is 1. The van der Waals surface area contributed by atoms with Crippen LogP contribution in [0.1, 0.15) is 13.3 Å². The molecule has 13 heavy (non-hydrogen) atoms. The number of hydrogen-bond acceptors (Lipinski definition) is 4.